The highest BCUT2D eigenvalue weighted by Crippen LogP contribution is 2.13. The highest BCUT2D eigenvalue weighted by atomic mass is 35.5. The largest absolute Gasteiger partial charge is 0.396 e. The molecule has 11 heavy (non-hydrogen) atoms. The molecule has 0 aliphatic carbocycles. The van der Waals surface area contributed by atoms with Crippen LogP contribution in [-0.2, 0) is 0 Å². The normalized spacial score (nSPS) is 37.9. The molecule has 3 atom stereocenters. The average Bonchev–Trinajstić information content (AvgIpc) is 1.95. The van der Waals surface area contributed by atoms with Crippen molar-refractivity contribution >= 4 is 12.4 Å². The maximum absolute atomic E-state index is 12.6. The molecule has 3 nitrogen and oxygen atoms in total. The fourth-order valence-electron chi connectivity index (χ4n) is 1.12. The van der Waals surface area contributed by atoms with E-state index in [0.717, 1.165) is 0 Å². The molecule has 0 amide bonds. The zero-order valence-corrected chi connectivity index (χ0v) is 6.85. The van der Waals surface area contributed by atoms with Crippen molar-refractivity contribution in [2.24, 2.45) is 5.92 Å². The minimum Gasteiger partial charge on any atom is -0.396 e. The quantitative estimate of drug-likeness (QED) is 0.508. The van der Waals surface area contributed by atoms with Gasteiger partial charge in [0.05, 0.1) is 6.10 Å². The predicted octanol–water partition coefficient (Wildman–Crippen LogP) is -0.681. The van der Waals surface area contributed by atoms with E-state index in [-0.39, 0.29) is 31.5 Å². The van der Waals surface area contributed by atoms with E-state index in [4.69, 9.17) is 10.2 Å². The van der Waals surface area contributed by atoms with Gasteiger partial charge in [-0.3, -0.25) is 0 Å². The molecular formula is C6H13ClFNO2. The summed E-state index contributed by atoms with van der Waals surface area (Å²) >= 11 is 0. The van der Waals surface area contributed by atoms with Crippen molar-refractivity contribution < 1.29 is 14.6 Å². The summed E-state index contributed by atoms with van der Waals surface area (Å²) in [5.74, 6) is -0.344. The lowest BCUT2D eigenvalue weighted by atomic mass is 9.96. The summed E-state index contributed by atoms with van der Waals surface area (Å²) in [5, 5.41) is 20.4. The summed E-state index contributed by atoms with van der Waals surface area (Å²) in [4.78, 5) is 0. The van der Waals surface area contributed by atoms with Crippen LogP contribution in [0.3, 0.4) is 0 Å². The van der Waals surface area contributed by atoms with Crippen molar-refractivity contribution in [1.82, 2.24) is 5.32 Å². The molecule has 0 aromatic carbocycles. The van der Waals surface area contributed by atoms with Gasteiger partial charge in [0.25, 0.3) is 0 Å². The highest BCUT2D eigenvalue weighted by molar-refractivity contribution is 5.85. The third kappa shape index (κ3) is 2.56. The number of rotatable bonds is 1. The Labute approximate surface area is 71.0 Å². The number of alkyl halides is 1. The monoisotopic (exact) mass is 185 g/mol. The third-order valence-corrected chi connectivity index (χ3v) is 1.83. The summed E-state index contributed by atoms with van der Waals surface area (Å²) in [5.41, 5.74) is 0. The first-order valence-electron chi connectivity index (χ1n) is 3.39. The van der Waals surface area contributed by atoms with Gasteiger partial charge in [0.15, 0.2) is 0 Å². The molecule has 1 aliphatic rings. The fraction of sp³-hybridized carbons (Fsp3) is 1.00. The van der Waals surface area contributed by atoms with Crippen LogP contribution in [0.4, 0.5) is 4.39 Å². The molecule has 0 bridgehead atoms. The first-order chi connectivity index (χ1) is 4.75. The van der Waals surface area contributed by atoms with Crippen molar-refractivity contribution in [3.05, 3.63) is 0 Å². The van der Waals surface area contributed by atoms with Gasteiger partial charge in [-0.1, -0.05) is 0 Å². The SMILES string of the molecule is Cl.OC[C@H]1CNC[C@H](F)[C@@H]1O. The lowest BCUT2D eigenvalue weighted by Crippen LogP contribution is -2.49. The van der Waals surface area contributed by atoms with E-state index in [1.807, 2.05) is 0 Å². The molecule has 5 heteroatoms. The molecule has 0 unspecified atom stereocenters. The second kappa shape index (κ2) is 4.87. The lowest BCUT2D eigenvalue weighted by molar-refractivity contribution is -0.0122. The first-order valence-corrected chi connectivity index (χ1v) is 3.39. The number of nitrogens with one attached hydrogen (secondary N) is 1. The number of aliphatic hydroxyl groups excluding tert-OH is 2. The van der Waals surface area contributed by atoms with Crippen molar-refractivity contribution in [3.8, 4) is 0 Å². The van der Waals surface area contributed by atoms with Crippen LogP contribution in [-0.4, -0.2) is 42.2 Å². The Morgan fingerprint density at radius 1 is 1.45 bits per heavy atom. The van der Waals surface area contributed by atoms with E-state index in [9.17, 15) is 4.39 Å². The van der Waals surface area contributed by atoms with Crippen molar-refractivity contribution in [2.75, 3.05) is 19.7 Å². The molecule has 1 fully saturated rings. The van der Waals surface area contributed by atoms with Gasteiger partial charge in [0.1, 0.15) is 6.17 Å². The standard InChI is InChI=1S/C6H12FNO2.ClH/c7-5-2-8-1-4(3-9)6(5)10;/h4-6,8-10H,1-3H2;1H/t4-,5+,6-;/m1./s1. The average molecular weight is 186 g/mol. The van der Waals surface area contributed by atoms with Crippen LogP contribution >= 0.6 is 12.4 Å². The Hall–Kier alpha value is 0.1000. The Kier molecular flexibility index (Phi) is 4.92. The second-order valence-electron chi connectivity index (χ2n) is 2.61. The number of piperidine rings is 1. The molecule has 0 radical (unpaired) electrons. The molecular weight excluding hydrogens is 173 g/mol. The summed E-state index contributed by atoms with van der Waals surface area (Å²) in [7, 11) is 0. The van der Waals surface area contributed by atoms with Gasteiger partial charge in [0, 0.05) is 25.6 Å². The molecule has 1 rings (SSSR count). The van der Waals surface area contributed by atoms with E-state index in [0.29, 0.717) is 6.54 Å². The molecule has 3 N–H and O–H groups in total. The van der Waals surface area contributed by atoms with Crippen molar-refractivity contribution in [1.29, 1.82) is 0 Å². The minimum absolute atomic E-state index is 0. The summed E-state index contributed by atoms with van der Waals surface area (Å²) in [6.45, 7) is 0.532. The lowest BCUT2D eigenvalue weighted by Gasteiger charge is -2.29. The van der Waals surface area contributed by atoms with E-state index in [2.05, 4.69) is 5.32 Å². The summed E-state index contributed by atoms with van der Waals surface area (Å²) in [6, 6.07) is 0. The van der Waals surface area contributed by atoms with Crippen LogP contribution in [0, 0.1) is 5.92 Å². The van der Waals surface area contributed by atoms with Crippen molar-refractivity contribution in [3.63, 3.8) is 0 Å². The Bertz CT molecular complexity index is 117. The van der Waals surface area contributed by atoms with Crippen LogP contribution in [0.15, 0.2) is 0 Å². The van der Waals surface area contributed by atoms with E-state index in [1.165, 1.54) is 0 Å². The van der Waals surface area contributed by atoms with Crippen LogP contribution in [0.1, 0.15) is 0 Å². The second-order valence-corrected chi connectivity index (χ2v) is 2.61. The van der Waals surface area contributed by atoms with Gasteiger partial charge in [0.2, 0.25) is 0 Å². The van der Waals surface area contributed by atoms with Crippen LogP contribution in [0.25, 0.3) is 0 Å². The summed E-state index contributed by atoms with van der Waals surface area (Å²) < 4.78 is 12.6. The maximum Gasteiger partial charge on any atom is 0.139 e. The van der Waals surface area contributed by atoms with Gasteiger partial charge >= 0.3 is 0 Å². The molecule has 0 aromatic heterocycles. The summed E-state index contributed by atoms with van der Waals surface area (Å²) in [6.07, 6.45) is -2.22. The van der Waals surface area contributed by atoms with Crippen LogP contribution in [0.2, 0.25) is 0 Å². The van der Waals surface area contributed by atoms with E-state index >= 15 is 0 Å². The molecule has 1 aliphatic heterocycles. The highest BCUT2D eigenvalue weighted by Gasteiger charge is 2.30. The van der Waals surface area contributed by atoms with E-state index in [1.54, 1.807) is 0 Å². The molecule has 1 heterocycles. The molecule has 0 spiro atoms. The molecule has 0 aromatic rings. The molecule has 0 saturated carbocycles. The molecule has 1 saturated heterocycles. The van der Waals surface area contributed by atoms with Gasteiger partial charge in [-0.2, -0.15) is 0 Å². The molecule has 68 valence electrons. The Morgan fingerprint density at radius 2 is 2.09 bits per heavy atom. The number of hydrogen-bond acceptors (Lipinski definition) is 3. The zero-order valence-electron chi connectivity index (χ0n) is 6.03. The maximum atomic E-state index is 12.6. The van der Waals surface area contributed by atoms with Crippen LogP contribution < -0.4 is 5.32 Å². The van der Waals surface area contributed by atoms with Crippen molar-refractivity contribution in [2.45, 2.75) is 12.3 Å². The van der Waals surface area contributed by atoms with Gasteiger partial charge in [-0.05, 0) is 0 Å². The number of hydrogen-bond donors (Lipinski definition) is 3. The number of halogens is 2. The van der Waals surface area contributed by atoms with Gasteiger partial charge in [-0.15, -0.1) is 12.4 Å². The van der Waals surface area contributed by atoms with Gasteiger partial charge in [-0.25, -0.2) is 4.39 Å². The predicted molar refractivity (Wildman–Crippen MR) is 41.6 cm³/mol. The van der Waals surface area contributed by atoms with Gasteiger partial charge < -0.3 is 15.5 Å². The third-order valence-electron chi connectivity index (χ3n) is 1.83. The van der Waals surface area contributed by atoms with Crippen LogP contribution in [0.5, 0.6) is 0 Å². The minimum atomic E-state index is -1.23. The Balaban J connectivity index is 0.000001000. The topological polar surface area (TPSA) is 52.5 Å². The zero-order chi connectivity index (χ0) is 7.56. The number of aliphatic hydroxyl groups is 2. The Morgan fingerprint density at radius 3 is 2.55 bits per heavy atom. The first kappa shape index (κ1) is 11.1. The fourth-order valence-corrected chi connectivity index (χ4v) is 1.12. The van der Waals surface area contributed by atoms with E-state index < -0.39 is 12.3 Å². The smallest absolute Gasteiger partial charge is 0.139 e.